The van der Waals surface area contributed by atoms with Crippen LogP contribution in [0.4, 0.5) is 4.39 Å². The van der Waals surface area contributed by atoms with Gasteiger partial charge in [0.2, 0.25) is 0 Å². The third-order valence-electron chi connectivity index (χ3n) is 6.46. The molecule has 0 spiro atoms. The van der Waals surface area contributed by atoms with Gasteiger partial charge in [0.25, 0.3) is 0 Å². The van der Waals surface area contributed by atoms with E-state index in [4.69, 9.17) is 0 Å². The van der Waals surface area contributed by atoms with Crippen LogP contribution in [0, 0.1) is 49.3 Å². The van der Waals surface area contributed by atoms with Crippen molar-refractivity contribution in [1.29, 1.82) is 0 Å². The number of aliphatic hydroxyl groups excluding tert-OH is 1. The van der Waals surface area contributed by atoms with E-state index >= 15 is 0 Å². The molecule has 0 aliphatic heterocycles. The van der Waals surface area contributed by atoms with Crippen LogP contribution in [0.3, 0.4) is 0 Å². The van der Waals surface area contributed by atoms with Gasteiger partial charge >= 0.3 is 0 Å². The summed E-state index contributed by atoms with van der Waals surface area (Å²) < 4.78 is 13.8. The summed E-state index contributed by atoms with van der Waals surface area (Å²) in [5.74, 6) is 3.52. The van der Waals surface area contributed by atoms with Crippen molar-refractivity contribution in [3.63, 3.8) is 0 Å². The predicted octanol–water partition coefficient (Wildman–Crippen LogP) is 4.55. The van der Waals surface area contributed by atoms with Crippen LogP contribution in [0.2, 0.25) is 0 Å². The number of aryl methyl sites for hydroxylation is 2. The first-order valence-corrected chi connectivity index (χ1v) is 8.47. The lowest BCUT2D eigenvalue weighted by Gasteiger charge is -2.55. The Morgan fingerprint density at radius 1 is 0.952 bits per heavy atom. The maximum absolute atomic E-state index is 13.8. The summed E-state index contributed by atoms with van der Waals surface area (Å²) in [4.78, 5) is 0. The summed E-state index contributed by atoms with van der Waals surface area (Å²) in [5, 5.41) is 11.0. The smallest absolute Gasteiger partial charge is 0.129 e. The SMILES string of the molecule is Cc1cc(C(O)C2C3CC4CC(C3)CC2C4)cc(C)c1F. The second kappa shape index (κ2) is 4.81. The molecule has 4 fully saturated rings. The second-order valence-corrected chi connectivity index (χ2v) is 7.92. The van der Waals surface area contributed by atoms with Crippen molar-refractivity contribution in [1.82, 2.24) is 0 Å². The lowest BCUT2D eigenvalue weighted by Crippen LogP contribution is -2.47. The van der Waals surface area contributed by atoms with Crippen LogP contribution in [0.1, 0.15) is 54.9 Å². The first-order chi connectivity index (χ1) is 10.0. The number of benzene rings is 1. The molecule has 4 saturated carbocycles. The molecule has 0 saturated heterocycles. The van der Waals surface area contributed by atoms with Gasteiger partial charge in [-0.3, -0.25) is 0 Å². The minimum Gasteiger partial charge on any atom is -0.388 e. The van der Waals surface area contributed by atoms with Crippen LogP contribution < -0.4 is 0 Å². The predicted molar refractivity (Wildman–Crippen MR) is 81.4 cm³/mol. The average Bonchev–Trinajstić information content (AvgIpc) is 2.42. The maximum atomic E-state index is 13.8. The van der Waals surface area contributed by atoms with E-state index in [1.807, 2.05) is 12.1 Å². The van der Waals surface area contributed by atoms with Gasteiger partial charge in [-0.2, -0.15) is 0 Å². The Bertz CT molecular complexity index is 514. The van der Waals surface area contributed by atoms with Crippen molar-refractivity contribution in [2.45, 2.75) is 52.1 Å². The molecule has 1 aromatic rings. The molecule has 0 aromatic heterocycles. The van der Waals surface area contributed by atoms with Gasteiger partial charge in [0, 0.05) is 0 Å². The van der Waals surface area contributed by atoms with Crippen molar-refractivity contribution in [2.24, 2.45) is 29.6 Å². The van der Waals surface area contributed by atoms with Crippen LogP contribution in [-0.2, 0) is 0 Å². The highest BCUT2D eigenvalue weighted by molar-refractivity contribution is 5.32. The quantitative estimate of drug-likeness (QED) is 0.846. The third kappa shape index (κ3) is 2.14. The number of hydrogen-bond acceptors (Lipinski definition) is 1. The zero-order valence-corrected chi connectivity index (χ0v) is 13.0. The monoisotopic (exact) mass is 288 g/mol. The molecule has 0 heterocycles. The van der Waals surface area contributed by atoms with Crippen LogP contribution in [0.5, 0.6) is 0 Å². The molecule has 1 N–H and O–H groups in total. The van der Waals surface area contributed by atoms with E-state index in [1.54, 1.807) is 13.8 Å². The highest BCUT2D eigenvalue weighted by Gasteiger charge is 2.50. The molecular formula is C19H25FO. The maximum Gasteiger partial charge on any atom is 0.129 e. The minimum atomic E-state index is -0.405. The van der Waals surface area contributed by atoms with Crippen LogP contribution >= 0.6 is 0 Å². The molecular weight excluding hydrogens is 263 g/mol. The summed E-state index contributed by atoms with van der Waals surface area (Å²) in [6.45, 7) is 3.60. The fraction of sp³-hybridized carbons (Fsp3) is 0.684. The van der Waals surface area contributed by atoms with E-state index in [2.05, 4.69) is 0 Å². The van der Waals surface area contributed by atoms with Crippen molar-refractivity contribution >= 4 is 0 Å². The highest BCUT2D eigenvalue weighted by atomic mass is 19.1. The van der Waals surface area contributed by atoms with Crippen LogP contribution in [-0.4, -0.2) is 5.11 Å². The van der Waals surface area contributed by atoms with Gasteiger partial charge in [-0.25, -0.2) is 4.39 Å². The number of hydrogen-bond donors (Lipinski definition) is 1. The highest BCUT2D eigenvalue weighted by Crippen LogP contribution is 2.59. The molecule has 5 rings (SSSR count). The average molecular weight is 288 g/mol. The van der Waals surface area contributed by atoms with E-state index in [9.17, 15) is 9.50 Å². The summed E-state index contributed by atoms with van der Waals surface area (Å²) in [5.41, 5.74) is 2.25. The molecule has 1 aromatic carbocycles. The molecule has 1 unspecified atom stereocenters. The van der Waals surface area contributed by atoms with Crippen LogP contribution in [0.25, 0.3) is 0 Å². The van der Waals surface area contributed by atoms with Crippen molar-refractivity contribution < 1.29 is 9.50 Å². The fourth-order valence-corrected chi connectivity index (χ4v) is 5.86. The minimum absolute atomic E-state index is 0.129. The third-order valence-corrected chi connectivity index (χ3v) is 6.46. The van der Waals surface area contributed by atoms with E-state index in [-0.39, 0.29) is 5.82 Å². The molecule has 0 amide bonds. The zero-order chi connectivity index (χ0) is 14.7. The van der Waals surface area contributed by atoms with E-state index < -0.39 is 6.10 Å². The Hall–Kier alpha value is -0.890. The number of halogens is 1. The van der Waals surface area contributed by atoms with Gasteiger partial charge in [-0.1, -0.05) is 12.1 Å². The van der Waals surface area contributed by atoms with Crippen molar-refractivity contribution in [2.75, 3.05) is 0 Å². The van der Waals surface area contributed by atoms with Crippen LogP contribution in [0.15, 0.2) is 12.1 Å². The molecule has 2 heteroatoms. The van der Waals surface area contributed by atoms with Gasteiger partial charge in [0.05, 0.1) is 6.10 Å². The molecule has 4 aliphatic rings. The number of aliphatic hydroxyl groups is 1. The Labute approximate surface area is 126 Å². The van der Waals surface area contributed by atoms with Gasteiger partial charge in [-0.15, -0.1) is 0 Å². The molecule has 1 nitrogen and oxygen atoms in total. The summed E-state index contributed by atoms with van der Waals surface area (Å²) >= 11 is 0. The Morgan fingerprint density at radius 3 is 1.90 bits per heavy atom. The molecule has 0 radical (unpaired) electrons. The van der Waals surface area contributed by atoms with E-state index in [0.717, 1.165) is 17.4 Å². The lowest BCUT2D eigenvalue weighted by atomic mass is 9.50. The summed E-state index contributed by atoms with van der Waals surface area (Å²) in [6, 6.07) is 3.72. The summed E-state index contributed by atoms with van der Waals surface area (Å²) in [6.07, 6.45) is 6.28. The van der Waals surface area contributed by atoms with E-state index in [0.29, 0.717) is 28.9 Å². The van der Waals surface area contributed by atoms with Crippen molar-refractivity contribution in [3.05, 3.63) is 34.6 Å². The fourth-order valence-electron chi connectivity index (χ4n) is 5.86. The van der Waals surface area contributed by atoms with Gasteiger partial charge in [0.1, 0.15) is 5.82 Å². The topological polar surface area (TPSA) is 20.2 Å². The summed E-state index contributed by atoms with van der Waals surface area (Å²) in [7, 11) is 0. The van der Waals surface area contributed by atoms with Gasteiger partial charge in [-0.05, 0) is 92.2 Å². The Morgan fingerprint density at radius 2 is 1.43 bits per heavy atom. The number of rotatable bonds is 2. The molecule has 114 valence electrons. The first-order valence-electron chi connectivity index (χ1n) is 8.47. The van der Waals surface area contributed by atoms with Gasteiger partial charge in [0.15, 0.2) is 0 Å². The first kappa shape index (κ1) is 13.8. The van der Waals surface area contributed by atoms with E-state index in [1.165, 1.54) is 32.1 Å². The Balaban J connectivity index is 1.64. The molecule has 21 heavy (non-hydrogen) atoms. The normalized spacial score (nSPS) is 38.8. The standard InChI is InChI=1S/C19H25FO/c1-10-3-16(4-11(2)18(10)20)19(21)17-14-6-12-5-13(8-14)9-15(17)7-12/h3-4,12-15,17,19,21H,5-9H2,1-2H3. The zero-order valence-electron chi connectivity index (χ0n) is 13.0. The molecule has 4 aliphatic carbocycles. The molecule has 4 bridgehead atoms. The Kier molecular flexibility index (Phi) is 3.15. The van der Waals surface area contributed by atoms with Gasteiger partial charge < -0.3 is 5.11 Å². The second-order valence-electron chi connectivity index (χ2n) is 7.92. The van der Waals surface area contributed by atoms with Crippen molar-refractivity contribution in [3.8, 4) is 0 Å². The molecule has 1 atom stereocenters. The largest absolute Gasteiger partial charge is 0.388 e. The lowest BCUT2D eigenvalue weighted by molar-refractivity contribution is -0.0908.